The molecular weight excluding hydrogens is 424 g/mol. The Bertz CT molecular complexity index is 994. The number of amides is 2. The summed E-state index contributed by atoms with van der Waals surface area (Å²) in [7, 11) is 0. The number of nitrogens with one attached hydrogen (secondary N) is 2. The van der Waals surface area contributed by atoms with Gasteiger partial charge in [0.1, 0.15) is 6.61 Å². The second-order valence-corrected chi connectivity index (χ2v) is 8.54. The van der Waals surface area contributed by atoms with Crippen LogP contribution in [0.1, 0.15) is 30.4 Å². The Morgan fingerprint density at radius 2 is 1.70 bits per heavy atom. The van der Waals surface area contributed by atoms with Gasteiger partial charge in [0, 0.05) is 12.5 Å². The Balaban J connectivity index is 1.31. The summed E-state index contributed by atoms with van der Waals surface area (Å²) in [5.74, 6) is -2.30. The molecule has 0 radical (unpaired) electrons. The Kier molecular flexibility index (Phi) is 6.93. The molecule has 0 aromatic heterocycles. The molecule has 0 saturated carbocycles. The van der Waals surface area contributed by atoms with E-state index < -0.39 is 29.9 Å². The van der Waals surface area contributed by atoms with E-state index in [0.29, 0.717) is 6.42 Å². The SMILES string of the molecule is CC(CCNC(=O)C1COCC1NC(=O)OCC1c2ccccc2-c2ccccc21)C(=O)O. The minimum atomic E-state index is -0.900. The average molecular weight is 453 g/mol. The third kappa shape index (κ3) is 5.01. The third-order valence-electron chi connectivity index (χ3n) is 6.36. The van der Waals surface area contributed by atoms with E-state index in [-0.39, 0.29) is 38.2 Å². The van der Waals surface area contributed by atoms with E-state index in [1.165, 1.54) is 0 Å². The van der Waals surface area contributed by atoms with Crippen molar-refractivity contribution >= 4 is 18.0 Å². The largest absolute Gasteiger partial charge is 0.481 e. The van der Waals surface area contributed by atoms with Gasteiger partial charge in [0.25, 0.3) is 0 Å². The molecule has 0 bridgehead atoms. The van der Waals surface area contributed by atoms with Crippen molar-refractivity contribution in [3.05, 3.63) is 59.7 Å². The Hall–Kier alpha value is -3.39. The number of carboxylic acid groups (broad SMARTS) is 1. The maximum atomic E-state index is 12.5. The lowest BCUT2D eigenvalue weighted by Gasteiger charge is -2.20. The molecule has 1 heterocycles. The molecule has 1 aliphatic heterocycles. The van der Waals surface area contributed by atoms with Gasteiger partial charge in [-0.2, -0.15) is 0 Å². The first kappa shape index (κ1) is 22.8. The van der Waals surface area contributed by atoms with Crippen molar-refractivity contribution in [2.75, 3.05) is 26.4 Å². The lowest BCUT2D eigenvalue weighted by molar-refractivity contribution is -0.141. The van der Waals surface area contributed by atoms with Crippen LogP contribution in [-0.2, 0) is 19.1 Å². The Labute approximate surface area is 192 Å². The van der Waals surface area contributed by atoms with E-state index in [9.17, 15) is 14.4 Å². The lowest BCUT2D eigenvalue weighted by atomic mass is 9.98. The smallest absolute Gasteiger partial charge is 0.407 e. The average Bonchev–Trinajstić information content (AvgIpc) is 3.40. The molecule has 1 aliphatic carbocycles. The highest BCUT2D eigenvalue weighted by Gasteiger charge is 2.36. The highest BCUT2D eigenvalue weighted by molar-refractivity contribution is 5.81. The third-order valence-corrected chi connectivity index (χ3v) is 6.36. The van der Waals surface area contributed by atoms with E-state index in [4.69, 9.17) is 14.6 Å². The first-order valence-corrected chi connectivity index (χ1v) is 11.2. The summed E-state index contributed by atoms with van der Waals surface area (Å²) in [5.41, 5.74) is 4.56. The van der Waals surface area contributed by atoms with Crippen LogP contribution >= 0.6 is 0 Å². The van der Waals surface area contributed by atoms with Crippen molar-refractivity contribution in [1.82, 2.24) is 10.6 Å². The summed E-state index contributed by atoms with van der Waals surface area (Å²) in [4.78, 5) is 35.9. The standard InChI is InChI=1S/C25H28N2O6/c1-15(24(29)30)10-11-26-23(28)21-12-32-14-22(21)27-25(31)33-13-20-18-8-4-2-6-16(18)17-7-3-5-9-19(17)20/h2-9,15,20-22H,10-14H2,1H3,(H,26,28)(H,27,31)(H,29,30). The molecule has 2 aliphatic rings. The van der Waals surface area contributed by atoms with E-state index in [1.54, 1.807) is 6.92 Å². The molecule has 0 spiro atoms. The quantitative estimate of drug-likeness (QED) is 0.568. The van der Waals surface area contributed by atoms with Crippen LogP contribution in [0.5, 0.6) is 0 Å². The summed E-state index contributed by atoms with van der Waals surface area (Å²) in [6.45, 7) is 2.44. The molecule has 174 valence electrons. The fourth-order valence-electron chi connectivity index (χ4n) is 4.41. The van der Waals surface area contributed by atoms with Gasteiger partial charge in [0.2, 0.25) is 5.91 Å². The molecule has 3 unspecified atom stereocenters. The number of fused-ring (bicyclic) bond motifs is 3. The molecule has 3 atom stereocenters. The second-order valence-electron chi connectivity index (χ2n) is 8.54. The summed E-state index contributed by atoms with van der Waals surface area (Å²) >= 11 is 0. The van der Waals surface area contributed by atoms with Crippen LogP contribution in [-0.4, -0.2) is 55.5 Å². The summed E-state index contributed by atoms with van der Waals surface area (Å²) in [6, 6.07) is 15.7. The number of carbonyl (C=O) groups excluding carboxylic acids is 2. The van der Waals surface area contributed by atoms with Crippen molar-refractivity contribution in [3.63, 3.8) is 0 Å². The van der Waals surface area contributed by atoms with Gasteiger partial charge in [-0.25, -0.2) is 4.79 Å². The second kappa shape index (κ2) is 10.0. The summed E-state index contributed by atoms with van der Waals surface area (Å²) < 4.78 is 11.0. The fourth-order valence-corrected chi connectivity index (χ4v) is 4.41. The first-order valence-electron chi connectivity index (χ1n) is 11.2. The van der Waals surface area contributed by atoms with Crippen LogP contribution < -0.4 is 10.6 Å². The number of alkyl carbamates (subject to hydrolysis) is 1. The van der Waals surface area contributed by atoms with E-state index >= 15 is 0 Å². The van der Waals surface area contributed by atoms with Crippen molar-refractivity contribution in [2.45, 2.75) is 25.3 Å². The van der Waals surface area contributed by atoms with Gasteiger partial charge in [0.05, 0.1) is 31.1 Å². The van der Waals surface area contributed by atoms with Crippen LogP contribution in [0.25, 0.3) is 11.1 Å². The Morgan fingerprint density at radius 3 is 2.33 bits per heavy atom. The molecule has 2 amide bonds. The lowest BCUT2D eigenvalue weighted by Crippen LogP contribution is -2.46. The number of hydrogen-bond acceptors (Lipinski definition) is 5. The number of benzene rings is 2. The van der Waals surface area contributed by atoms with Crippen LogP contribution in [0.4, 0.5) is 4.79 Å². The molecule has 33 heavy (non-hydrogen) atoms. The monoisotopic (exact) mass is 452 g/mol. The van der Waals surface area contributed by atoms with Crippen molar-refractivity contribution in [3.8, 4) is 11.1 Å². The zero-order valence-corrected chi connectivity index (χ0v) is 18.5. The number of rotatable bonds is 8. The minimum absolute atomic E-state index is 0.0432. The normalized spacial score (nSPS) is 19.9. The zero-order chi connectivity index (χ0) is 23.4. The first-order chi connectivity index (χ1) is 16.0. The van der Waals surface area contributed by atoms with Crippen LogP contribution in [0.3, 0.4) is 0 Å². The predicted molar refractivity (Wildman–Crippen MR) is 121 cm³/mol. The van der Waals surface area contributed by atoms with Gasteiger partial charge in [-0.15, -0.1) is 0 Å². The molecule has 3 N–H and O–H groups in total. The summed E-state index contributed by atoms with van der Waals surface area (Å²) in [5, 5.41) is 14.4. The molecular formula is C25H28N2O6. The molecule has 2 aromatic rings. The molecule has 1 fully saturated rings. The van der Waals surface area contributed by atoms with Crippen molar-refractivity contribution < 1.29 is 29.0 Å². The number of ether oxygens (including phenoxy) is 2. The van der Waals surface area contributed by atoms with Gasteiger partial charge >= 0.3 is 12.1 Å². The van der Waals surface area contributed by atoms with Gasteiger partial charge in [-0.1, -0.05) is 55.5 Å². The highest BCUT2D eigenvalue weighted by atomic mass is 16.5. The molecule has 8 heteroatoms. The topological polar surface area (TPSA) is 114 Å². The number of aliphatic carboxylic acids is 1. The van der Waals surface area contributed by atoms with Gasteiger partial charge in [0.15, 0.2) is 0 Å². The molecule has 8 nitrogen and oxygen atoms in total. The van der Waals surface area contributed by atoms with Gasteiger partial charge < -0.3 is 25.2 Å². The minimum Gasteiger partial charge on any atom is -0.481 e. The van der Waals surface area contributed by atoms with E-state index in [2.05, 4.69) is 34.9 Å². The molecule has 1 saturated heterocycles. The van der Waals surface area contributed by atoms with Crippen molar-refractivity contribution in [2.24, 2.45) is 11.8 Å². The number of hydrogen-bond donors (Lipinski definition) is 3. The fraction of sp³-hybridized carbons (Fsp3) is 0.400. The Morgan fingerprint density at radius 1 is 1.06 bits per heavy atom. The summed E-state index contributed by atoms with van der Waals surface area (Å²) in [6.07, 6.45) is -0.260. The molecule has 2 aromatic carbocycles. The van der Waals surface area contributed by atoms with Gasteiger partial charge in [-0.05, 0) is 28.7 Å². The van der Waals surface area contributed by atoms with E-state index in [1.807, 2.05) is 24.3 Å². The number of carbonyl (C=O) groups is 3. The van der Waals surface area contributed by atoms with Crippen LogP contribution in [0.2, 0.25) is 0 Å². The predicted octanol–water partition coefficient (Wildman–Crippen LogP) is 2.77. The van der Waals surface area contributed by atoms with Crippen LogP contribution in [0.15, 0.2) is 48.5 Å². The van der Waals surface area contributed by atoms with Crippen LogP contribution in [0, 0.1) is 11.8 Å². The zero-order valence-electron chi connectivity index (χ0n) is 18.5. The maximum Gasteiger partial charge on any atom is 0.407 e. The number of carboxylic acids is 1. The molecule has 4 rings (SSSR count). The maximum absolute atomic E-state index is 12.5. The van der Waals surface area contributed by atoms with Crippen molar-refractivity contribution in [1.29, 1.82) is 0 Å². The van der Waals surface area contributed by atoms with E-state index in [0.717, 1.165) is 22.3 Å². The highest BCUT2D eigenvalue weighted by Crippen LogP contribution is 2.44. The van der Waals surface area contributed by atoms with Gasteiger partial charge in [-0.3, -0.25) is 9.59 Å².